The quantitative estimate of drug-likeness (QED) is 0.282. The van der Waals surface area contributed by atoms with Crippen LogP contribution in [0, 0.1) is 0 Å². The van der Waals surface area contributed by atoms with E-state index >= 15 is 0 Å². The van der Waals surface area contributed by atoms with Crippen LogP contribution in [0.25, 0.3) is 0 Å². The zero-order chi connectivity index (χ0) is 16.5. The zero-order valence-corrected chi connectivity index (χ0v) is 16.9. The minimum absolute atomic E-state index is 0. The van der Waals surface area contributed by atoms with Crippen LogP contribution in [0.2, 0.25) is 0 Å². The maximum Gasteiger partial charge on any atom is 0.191 e. The van der Waals surface area contributed by atoms with Crippen molar-refractivity contribution in [3.05, 3.63) is 35.5 Å². The van der Waals surface area contributed by atoms with Crippen molar-refractivity contribution in [2.24, 2.45) is 4.99 Å². The van der Waals surface area contributed by atoms with Crippen LogP contribution in [0.1, 0.15) is 37.3 Å². The van der Waals surface area contributed by atoms with Crippen LogP contribution in [0.15, 0.2) is 28.0 Å². The number of hydrogen-bond donors (Lipinski definition) is 2. The molecule has 2 rings (SSSR count). The smallest absolute Gasteiger partial charge is 0.191 e. The highest BCUT2D eigenvalue weighted by Crippen LogP contribution is 2.15. The number of aryl methyl sites for hydroxylation is 3. The molecule has 2 aromatic rings. The summed E-state index contributed by atoms with van der Waals surface area (Å²) in [5, 5.41) is 15.0. The maximum atomic E-state index is 5.38. The fraction of sp³-hybridized carbons (Fsp3) is 0.562. The lowest BCUT2D eigenvalue weighted by atomic mass is 10.1. The number of rotatable bonds is 8. The third kappa shape index (κ3) is 5.81. The van der Waals surface area contributed by atoms with Crippen LogP contribution < -0.4 is 10.6 Å². The van der Waals surface area contributed by atoms with Gasteiger partial charge in [0.2, 0.25) is 0 Å². The summed E-state index contributed by atoms with van der Waals surface area (Å²) in [6.45, 7) is 6.57. The summed E-state index contributed by atoms with van der Waals surface area (Å²) < 4.78 is 7.31. The monoisotopic (exact) mass is 446 g/mol. The summed E-state index contributed by atoms with van der Waals surface area (Å²) in [7, 11) is 1.78. The van der Waals surface area contributed by atoms with Crippen LogP contribution >= 0.6 is 24.0 Å². The number of hydrogen-bond acceptors (Lipinski definition) is 4. The molecule has 0 aliphatic rings. The topological polar surface area (TPSA) is 80.3 Å². The van der Waals surface area contributed by atoms with Gasteiger partial charge in [-0.25, -0.2) is 0 Å². The molecule has 0 aromatic carbocycles. The lowest BCUT2D eigenvalue weighted by Gasteiger charge is -2.12. The Kier molecular flexibility index (Phi) is 9.43. The van der Waals surface area contributed by atoms with Gasteiger partial charge in [-0.15, -0.1) is 24.0 Å². The molecule has 7 nitrogen and oxygen atoms in total. The van der Waals surface area contributed by atoms with Crippen molar-refractivity contribution in [2.75, 3.05) is 13.6 Å². The molecule has 0 aliphatic heterocycles. The molecule has 134 valence electrons. The number of guanidine groups is 1. The van der Waals surface area contributed by atoms with E-state index in [2.05, 4.69) is 39.7 Å². The Bertz CT molecular complexity index is 587. The fourth-order valence-corrected chi connectivity index (χ4v) is 2.41. The first-order valence-corrected chi connectivity index (χ1v) is 8.16. The predicted molar refractivity (Wildman–Crippen MR) is 106 cm³/mol. The third-order valence-electron chi connectivity index (χ3n) is 3.68. The van der Waals surface area contributed by atoms with Crippen LogP contribution in [0.3, 0.4) is 0 Å². The van der Waals surface area contributed by atoms with E-state index < -0.39 is 0 Å². The molecule has 0 aliphatic carbocycles. The summed E-state index contributed by atoms with van der Waals surface area (Å²) in [4.78, 5) is 4.25. The number of nitrogens with zero attached hydrogens (tertiary/aromatic N) is 4. The first-order valence-electron chi connectivity index (χ1n) is 8.16. The van der Waals surface area contributed by atoms with Crippen LogP contribution in [-0.2, 0) is 25.9 Å². The number of aliphatic imine (C=N–C) groups is 1. The Morgan fingerprint density at radius 2 is 2.12 bits per heavy atom. The molecule has 0 saturated carbocycles. The number of halogens is 1. The molecule has 2 aromatic heterocycles. The minimum Gasteiger partial charge on any atom is -0.361 e. The van der Waals surface area contributed by atoms with Gasteiger partial charge >= 0.3 is 0 Å². The van der Waals surface area contributed by atoms with Crippen molar-refractivity contribution in [3.63, 3.8) is 0 Å². The van der Waals surface area contributed by atoms with Gasteiger partial charge in [0.05, 0.1) is 5.69 Å². The van der Waals surface area contributed by atoms with Crippen molar-refractivity contribution in [1.82, 2.24) is 25.6 Å². The van der Waals surface area contributed by atoms with E-state index in [9.17, 15) is 0 Å². The first kappa shape index (κ1) is 20.5. The van der Waals surface area contributed by atoms with Crippen LogP contribution in [0.5, 0.6) is 0 Å². The Hall–Kier alpha value is -1.58. The highest BCUT2D eigenvalue weighted by molar-refractivity contribution is 14.0. The molecule has 8 heteroatoms. The Balaban J connectivity index is 0.00000288. The average Bonchev–Trinajstić information content (AvgIpc) is 3.23. The molecule has 0 spiro atoms. The maximum absolute atomic E-state index is 5.38. The fourth-order valence-electron chi connectivity index (χ4n) is 2.41. The lowest BCUT2D eigenvalue weighted by Crippen LogP contribution is -2.37. The molecule has 24 heavy (non-hydrogen) atoms. The second-order valence-electron chi connectivity index (χ2n) is 5.21. The van der Waals surface area contributed by atoms with Gasteiger partial charge in [-0.05, 0) is 18.9 Å². The highest BCUT2D eigenvalue weighted by Gasteiger charge is 2.13. The van der Waals surface area contributed by atoms with Crippen molar-refractivity contribution in [3.8, 4) is 0 Å². The molecule has 0 amide bonds. The van der Waals surface area contributed by atoms with E-state index in [1.165, 1.54) is 0 Å². The van der Waals surface area contributed by atoms with Crippen molar-refractivity contribution in [1.29, 1.82) is 0 Å². The minimum atomic E-state index is 0. The van der Waals surface area contributed by atoms with Gasteiger partial charge in [-0.2, -0.15) is 5.10 Å². The van der Waals surface area contributed by atoms with Gasteiger partial charge < -0.3 is 15.2 Å². The third-order valence-corrected chi connectivity index (χ3v) is 3.68. The SMILES string of the molecule is CCc1noc(CC)c1CNC(=NC)NCCCn1cccn1.I. The van der Waals surface area contributed by atoms with Gasteiger partial charge in [0.15, 0.2) is 5.96 Å². The van der Waals surface area contributed by atoms with Gasteiger partial charge in [0.1, 0.15) is 5.76 Å². The molecule has 0 atom stereocenters. The largest absolute Gasteiger partial charge is 0.361 e. The molecule has 0 unspecified atom stereocenters. The summed E-state index contributed by atoms with van der Waals surface area (Å²) in [6, 6.07) is 1.93. The molecule has 0 radical (unpaired) electrons. The molecule has 2 heterocycles. The summed E-state index contributed by atoms with van der Waals surface area (Å²) in [6.07, 6.45) is 6.47. The summed E-state index contributed by atoms with van der Waals surface area (Å²) >= 11 is 0. The van der Waals surface area contributed by atoms with Gasteiger partial charge in [0, 0.05) is 51.1 Å². The highest BCUT2D eigenvalue weighted by atomic mass is 127. The number of nitrogens with one attached hydrogen (secondary N) is 2. The standard InChI is InChI=1S/C16H26N6O.HI/c1-4-14-13(15(5-2)23-21-14)12-19-16(17-3)18-8-6-10-22-11-7-9-20-22;/h7,9,11H,4-6,8,10,12H2,1-3H3,(H2,17,18,19);1H. The van der Waals surface area contributed by atoms with E-state index in [1.807, 2.05) is 16.9 Å². The normalized spacial score (nSPS) is 11.2. The van der Waals surface area contributed by atoms with Crippen molar-refractivity contribution >= 4 is 29.9 Å². The van der Waals surface area contributed by atoms with E-state index in [4.69, 9.17) is 4.52 Å². The van der Waals surface area contributed by atoms with E-state index in [0.29, 0.717) is 6.54 Å². The molecule has 0 saturated heterocycles. The molecular weight excluding hydrogens is 419 g/mol. The van der Waals surface area contributed by atoms with Crippen molar-refractivity contribution in [2.45, 2.75) is 46.2 Å². The van der Waals surface area contributed by atoms with E-state index in [-0.39, 0.29) is 24.0 Å². The molecule has 0 bridgehead atoms. The van der Waals surface area contributed by atoms with Gasteiger partial charge in [-0.1, -0.05) is 19.0 Å². The second kappa shape index (κ2) is 11.1. The van der Waals surface area contributed by atoms with E-state index in [0.717, 1.165) is 55.3 Å². The molecule has 2 N–H and O–H groups in total. The predicted octanol–water partition coefficient (Wildman–Crippen LogP) is 2.37. The van der Waals surface area contributed by atoms with Gasteiger partial charge in [-0.3, -0.25) is 9.67 Å². The number of aromatic nitrogens is 3. The summed E-state index contributed by atoms with van der Waals surface area (Å²) in [5.74, 6) is 1.74. The summed E-state index contributed by atoms with van der Waals surface area (Å²) in [5.41, 5.74) is 2.16. The second-order valence-corrected chi connectivity index (χ2v) is 5.21. The van der Waals surface area contributed by atoms with Crippen LogP contribution in [-0.4, -0.2) is 34.5 Å². The zero-order valence-electron chi connectivity index (χ0n) is 14.6. The van der Waals surface area contributed by atoms with E-state index in [1.54, 1.807) is 13.2 Å². The van der Waals surface area contributed by atoms with Crippen LogP contribution in [0.4, 0.5) is 0 Å². The Morgan fingerprint density at radius 1 is 1.29 bits per heavy atom. The molecular formula is C16H27IN6O. The average molecular weight is 446 g/mol. The van der Waals surface area contributed by atoms with Gasteiger partial charge in [0.25, 0.3) is 0 Å². The lowest BCUT2D eigenvalue weighted by molar-refractivity contribution is 0.380. The Labute approximate surface area is 160 Å². The molecule has 0 fully saturated rings. The Morgan fingerprint density at radius 3 is 2.75 bits per heavy atom. The first-order chi connectivity index (χ1) is 11.3. The van der Waals surface area contributed by atoms with Crippen molar-refractivity contribution < 1.29 is 4.52 Å².